The molecule has 1 aromatic carbocycles. The molecule has 0 atom stereocenters. The third-order valence-electron chi connectivity index (χ3n) is 5.24. The van der Waals surface area contributed by atoms with E-state index in [9.17, 15) is 25.0 Å². The molecule has 1 N–H and O–H groups in total. The molecule has 0 bridgehead atoms. The fourth-order valence-corrected chi connectivity index (χ4v) is 4.97. The predicted octanol–water partition coefficient (Wildman–Crippen LogP) is 4.82. The van der Waals surface area contributed by atoms with Crippen molar-refractivity contribution in [2.45, 2.75) is 46.0 Å². The van der Waals surface area contributed by atoms with E-state index in [1.165, 1.54) is 23.5 Å². The molecule has 1 aliphatic rings. The third-order valence-corrected chi connectivity index (χ3v) is 6.45. The molecule has 1 heterocycles. The van der Waals surface area contributed by atoms with Crippen molar-refractivity contribution in [3.63, 3.8) is 0 Å². The fourth-order valence-electron chi connectivity index (χ4n) is 3.70. The lowest BCUT2D eigenvalue weighted by atomic mass is 9.95. The molecule has 32 heavy (non-hydrogen) atoms. The lowest BCUT2D eigenvalue weighted by molar-refractivity contribution is -0.385. The minimum absolute atomic E-state index is 0.0607. The monoisotopic (exact) mass is 453 g/mol. The van der Waals surface area contributed by atoms with Crippen LogP contribution in [0.2, 0.25) is 0 Å². The number of nitrogens with zero attached hydrogens (tertiary/aromatic N) is 2. The Hall–Kier alpha value is -3.51. The summed E-state index contributed by atoms with van der Waals surface area (Å²) in [4.78, 5) is 37.3. The molecule has 3 rings (SSSR count). The van der Waals surface area contributed by atoms with Crippen molar-refractivity contribution in [2.24, 2.45) is 0 Å². The molecule has 166 valence electrons. The molecule has 2 aromatic rings. The van der Waals surface area contributed by atoms with Crippen LogP contribution in [0.15, 0.2) is 23.8 Å². The van der Waals surface area contributed by atoms with Crippen LogP contribution in [0.1, 0.15) is 58.6 Å². The summed E-state index contributed by atoms with van der Waals surface area (Å²) in [7, 11) is 0. The molecule has 0 fully saturated rings. The smallest absolute Gasteiger partial charge is 0.341 e. The molecule has 9 heteroatoms. The number of ether oxygens (including phenoxy) is 1. The Morgan fingerprint density at radius 1 is 1.31 bits per heavy atom. The van der Waals surface area contributed by atoms with Gasteiger partial charge in [0.2, 0.25) is 0 Å². The molecular weight excluding hydrogens is 430 g/mol. The highest BCUT2D eigenvalue weighted by atomic mass is 32.1. The number of anilines is 1. The van der Waals surface area contributed by atoms with Gasteiger partial charge in [-0.3, -0.25) is 14.9 Å². The lowest BCUT2D eigenvalue weighted by Gasteiger charge is -2.12. The van der Waals surface area contributed by atoms with Crippen molar-refractivity contribution >= 4 is 40.0 Å². The largest absolute Gasteiger partial charge is 0.462 e. The number of fused-ring (bicyclic) bond motifs is 1. The van der Waals surface area contributed by atoms with Crippen molar-refractivity contribution in [3.8, 4) is 6.07 Å². The van der Waals surface area contributed by atoms with Crippen molar-refractivity contribution in [2.75, 3.05) is 11.9 Å². The van der Waals surface area contributed by atoms with E-state index in [2.05, 4.69) is 5.32 Å². The SMILES string of the molecule is CCOC(=O)c1c(NC(=O)/C(C#N)=C\c2ccc(CC)c([N+](=O)[O-])c2)sc2c1CCCC2. The zero-order chi connectivity index (χ0) is 23.3. The van der Waals surface area contributed by atoms with Crippen LogP contribution in [0.3, 0.4) is 0 Å². The van der Waals surface area contributed by atoms with Gasteiger partial charge in [-0.15, -0.1) is 11.3 Å². The van der Waals surface area contributed by atoms with Crippen LogP contribution in [-0.4, -0.2) is 23.4 Å². The molecule has 1 aromatic heterocycles. The van der Waals surface area contributed by atoms with Gasteiger partial charge in [-0.05, 0) is 56.2 Å². The van der Waals surface area contributed by atoms with Crippen LogP contribution in [0.5, 0.6) is 0 Å². The Balaban J connectivity index is 1.93. The molecule has 0 saturated carbocycles. The van der Waals surface area contributed by atoms with E-state index < -0.39 is 16.8 Å². The summed E-state index contributed by atoms with van der Waals surface area (Å²) in [6.07, 6.45) is 5.34. The minimum Gasteiger partial charge on any atom is -0.462 e. The molecule has 0 radical (unpaired) electrons. The van der Waals surface area contributed by atoms with E-state index in [1.54, 1.807) is 19.1 Å². The lowest BCUT2D eigenvalue weighted by Crippen LogP contribution is -2.16. The molecule has 1 aliphatic carbocycles. The first-order chi connectivity index (χ1) is 15.4. The molecule has 1 amide bonds. The number of nitriles is 1. The van der Waals surface area contributed by atoms with Gasteiger partial charge in [0.05, 0.1) is 17.1 Å². The predicted molar refractivity (Wildman–Crippen MR) is 122 cm³/mol. The maximum Gasteiger partial charge on any atom is 0.341 e. The average Bonchev–Trinajstić information content (AvgIpc) is 3.15. The van der Waals surface area contributed by atoms with Crippen LogP contribution in [-0.2, 0) is 28.8 Å². The van der Waals surface area contributed by atoms with E-state index in [1.807, 2.05) is 13.0 Å². The first-order valence-electron chi connectivity index (χ1n) is 10.4. The van der Waals surface area contributed by atoms with E-state index in [4.69, 9.17) is 4.74 Å². The topological polar surface area (TPSA) is 122 Å². The van der Waals surface area contributed by atoms with Crippen LogP contribution in [0.25, 0.3) is 6.08 Å². The van der Waals surface area contributed by atoms with Gasteiger partial charge >= 0.3 is 5.97 Å². The van der Waals surface area contributed by atoms with Gasteiger partial charge in [0.25, 0.3) is 11.6 Å². The number of carbonyl (C=O) groups is 2. The zero-order valence-electron chi connectivity index (χ0n) is 17.9. The molecule has 8 nitrogen and oxygen atoms in total. The molecule has 0 unspecified atom stereocenters. The highest BCUT2D eigenvalue weighted by Gasteiger charge is 2.28. The van der Waals surface area contributed by atoms with Crippen LogP contribution < -0.4 is 5.32 Å². The number of nitro benzene ring substituents is 1. The summed E-state index contributed by atoms with van der Waals surface area (Å²) >= 11 is 1.33. The van der Waals surface area contributed by atoms with Crippen molar-refractivity contribution in [1.29, 1.82) is 5.26 Å². The summed E-state index contributed by atoms with van der Waals surface area (Å²) in [5, 5.41) is 23.9. The number of rotatable bonds is 7. The maximum atomic E-state index is 12.9. The number of nitro groups is 1. The van der Waals surface area contributed by atoms with Gasteiger partial charge in [0, 0.05) is 16.5 Å². The Morgan fingerprint density at radius 3 is 2.72 bits per heavy atom. The second-order valence-electron chi connectivity index (χ2n) is 7.26. The van der Waals surface area contributed by atoms with E-state index >= 15 is 0 Å². The third kappa shape index (κ3) is 4.86. The summed E-state index contributed by atoms with van der Waals surface area (Å²) < 4.78 is 5.19. The number of thiophene rings is 1. The van der Waals surface area contributed by atoms with Crippen LogP contribution in [0.4, 0.5) is 10.7 Å². The number of hydrogen-bond acceptors (Lipinski definition) is 7. The number of amides is 1. The second kappa shape index (κ2) is 10.2. The fraction of sp³-hybridized carbons (Fsp3) is 0.348. The van der Waals surface area contributed by atoms with Crippen LogP contribution in [0, 0.1) is 21.4 Å². The van der Waals surface area contributed by atoms with Crippen molar-refractivity contribution in [1.82, 2.24) is 0 Å². The number of hydrogen-bond donors (Lipinski definition) is 1. The van der Waals surface area contributed by atoms with Gasteiger partial charge in [0.1, 0.15) is 16.6 Å². The summed E-state index contributed by atoms with van der Waals surface area (Å²) in [6.45, 7) is 3.75. The Labute approximate surface area is 189 Å². The molecule has 0 spiro atoms. The highest BCUT2D eigenvalue weighted by molar-refractivity contribution is 7.17. The van der Waals surface area contributed by atoms with Gasteiger partial charge in [-0.2, -0.15) is 5.26 Å². The number of benzene rings is 1. The number of carbonyl (C=O) groups excluding carboxylic acids is 2. The first-order valence-corrected chi connectivity index (χ1v) is 11.2. The Kier molecular flexibility index (Phi) is 7.38. The van der Waals surface area contributed by atoms with Crippen LogP contribution >= 0.6 is 11.3 Å². The standard InChI is InChI=1S/C23H23N3O5S/c1-3-15-10-9-14(12-18(15)26(29)30)11-16(13-24)21(27)25-22-20(23(28)31-4-2)17-7-5-6-8-19(17)32-22/h9-12H,3-8H2,1-2H3,(H,25,27)/b16-11-. The summed E-state index contributed by atoms with van der Waals surface area (Å²) in [6, 6.07) is 6.44. The average molecular weight is 454 g/mol. The molecule has 0 saturated heterocycles. The Bertz CT molecular complexity index is 1140. The number of aryl methyl sites for hydroxylation is 2. The van der Waals surface area contributed by atoms with Gasteiger partial charge < -0.3 is 10.1 Å². The number of esters is 1. The zero-order valence-corrected chi connectivity index (χ0v) is 18.7. The van der Waals surface area contributed by atoms with E-state index in [-0.39, 0.29) is 17.9 Å². The van der Waals surface area contributed by atoms with Gasteiger partial charge in [-0.1, -0.05) is 19.1 Å². The van der Waals surface area contributed by atoms with Gasteiger partial charge in [0.15, 0.2) is 0 Å². The first kappa shape index (κ1) is 23.2. The quantitative estimate of drug-likeness (QED) is 0.211. The second-order valence-corrected chi connectivity index (χ2v) is 8.36. The maximum absolute atomic E-state index is 12.9. The number of nitrogens with one attached hydrogen (secondary N) is 1. The molecule has 0 aliphatic heterocycles. The normalized spacial score (nSPS) is 13.1. The Morgan fingerprint density at radius 2 is 2.06 bits per heavy atom. The highest BCUT2D eigenvalue weighted by Crippen LogP contribution is 2.38. The summed E-state index contributed by atoms with van der Waals surface area (Å²) in [5.74, 6) is -1.17. The van der Waals surface area contributed by atoms with Crippen molar-refractivity contribution < 1.29 is 19.2 Å². The van der Waals surface area contributed by atoms with Gasteiger partial charge in [-0.25, -0.2) is 4.79 Å². The molecular formula is C23H23N3O5S. The summed E-state index contributed by atoms with van der Waals surface area (Å²) in [5.41, 5.74) is 1.93. The van der Waals surface area contributed by atoms with E-state index in [0.717, 1.165) is 36.1 Å². The van der Waals surface area contributed by atoms with E-state index in [0.29, 0.717) is 28.1 Å². The van der Waals surface area contributed by atoms with Crippen molar-refractivity contribution in [3.05, 3.63) is 61.0 Å². The minimum atomic E-state index is -0.682.